The number of aliphatic hydroxyl groups is 1. The predicted molar refractivity (Wildman–Crippen MR) is 65.1 cm³/mol. The summed E-state index contributed by atoms with van der Waals surface area (Å²) in [5.74, 6) is 0. The van der Waals surface area contributed by atoms with Gasteiger partial charge in [-0.2, -0.15) is 12.7 Å². The summed E-state index contributed by atoms with van der Waals surface area (Å²) < 4.78 is 31.3. The first-order valence-electron chi connectivity index (χ1n) is 5.83. The molecule has 0 aromatic rings. The molecule has 1 saturated heterocycles. The van der Waals surface area contributed by atoms with E-state index in [1.54, 1.807) is 20.8 Å². The number of hydrogen-bond acceptors (Lipinski definition) is 5. The van der Waals surface area contributed by atoms with E-state index in [9.17, 15) is 18.3 Å². The summed E-state index contributed by atoms with van der Waals surface area (Å²) in [7, 11) is -3.88. The molecule has 0 spiro atoms. The van der Waals surface area contributed by atoms with Crippen molar-refractivity contribution in [2.24, 2.45) is 0 Å². The summed E-state index contributed by atoms with van der Waals surface area (Å²) in [6.45, 7) is 5.28. The van der Waals surface area contributed by atoms with Crippen LogP contribution < -0.4 is 4.72 Å². The van der Waals surface area contributed by atoms with Gasteiger partial charge in [0.05, 0.1) is 11.7 Å². The Morgan fingerprint density at radius 3 is 2.33 bits per heavy atom. The molecule has 0 unspecified atom stereocenters. The fraction of sp³-hybridized carbons (Fsp3) is 0.900. The number of nitrogens with one attached hydrogen (secondary N) is 1. The van der Waals surface area contributed by atoms with E-state index in [0.717, 1.165) is 4.31 Å². The van der Waals surface area contributed by atoms with Gasteiger partial charge in [-0.1, -0.05) is 0 Å². The average Bonchev–Trinajstić information content (AvgIpc) is 2.13. The molecule has 106 valence electrons. The number of piperidine rings is 1. The lowest BCUT2D eigenvalue weighted by atomic mass is 9.95. The van der Waals surface area contributed by atoms with E-state index in [-0.39, 0.29) is 19.2 Å². The molecule has 8 heteroatoms. The van der Waals surface area contributed by atoms with Gasteiger partial charge in [0.25, 0.3) is 0 Å². The largest absolute Gasteiger partial charge is 0.446 e. The number of carbonyl (C=O) groups is 1. The number of hydrogen-bond donors (Lipinski definition) is 2. The zero-order valence-electron chi connectivity index (χ0n) is 10.8. The number of nitrogens with zero attached hydrogens (tertiary/aromatic N) is 1. The van der Waals surface area contributed by atoms with Gasteiger partial charge in [0, 0.05) is 13.1 Å². The van der Waals surface area contributed by atoms with Gasteiger partial charge in [-0.15, -0.1) is 0 Å². The summed E-state index contributed by atoms with van der Waals surface area (Å²) >= 11 is 0. The maximum Gasteiger partial charge on any atom is 0.422 e. The number of rotatable bonds is 3. The summed E-state index contributed by atoms with van der Waals surface area (Å²) in [4.78, 5) is 11.3. The van der Waals surface area contributed by atoms with E-state index < -0.39 is 21.9 Å². The molecule has 0 aromatic heterocycles. The highest BCUT2D eigenvalue weighted by Gasteiger charge is 2.34. The molecule has 1 aliphatic heterocycles. The highest BCUT2D eigenvalue weighted by Crippen LogP contribution is 2.22. The van der Waals surface area contributed by atoms with Crippen molar-refractivity contribution in [1.29, 1.82) is 0 Å². The second kappa shape index (κ2) is 5.41. The molecule has 1 heterocycles. The minimum atomic E-state index is -3.88. The van der Waals surface area contributed by atoms with Crippen molar-refractivity contribution in [3.63, 3.8) is 0 Å². The fourth-order valence-electron chi connectivity index (χ4n) is 1.62. The Bertz CT molecular complexity index is 394. The van der Waals surface area contributed by atoms with E-state index in [4.69, 9.17) is 4.74 Å². The van der Waals surface area contributed by atoms with Crippen molar-refractivity contribution >= 4 is 16.3 Å². The van der Waals surface area contributed by atoms with Crippen LogP contribution in [-0.2, 0) is 14.9 Å². The topological polar surface area (TPSA) is 95.9 Å². The van der Waals surface area contributed by atoms with Crippen LogP contribution in [0.3, 0.4) is 0 Å². The zero-order chi connectivity index (χ0) is 14.0. The van der Waals surface area contributed by atoms with Gasteiger partial charge in [0.2, 0.25) is 0 Å². The smallest absolute Gasteiger partial charge is 0.422 e. The molecule has 0 atom stereocenters. The molecule has 0 saturated carbocycles. The molecule has 1 aliphatic rings. The van der Waals surface area contributed by atoms with E-state index in [2.05, 4.69) is 0 Å². The van der Waals surface area contributed by atoms with Crippen LogP contribution in [0, 0.1) is 0 Å². The monoisotopic (exact) mass is 280 g/mol. The molecule has 0 aromatic carbocycles. The molecule has 18 heavy (non-hydrogen) atoms. The minimum absolute atomic E-state index is 0.178. The molecule has 0 radical (unpaired) electrons. The first kappa shape index (κ1) is 15.2. The van der Waals surface area contributed by atoms with Gasteiger partial charge >= 0.3 is 16.3 Å². The van der Waals surface area contributed by atoms with Crippen LogP contribution in [0.2, 0.25) is 0 Å². The zero-order valence-corrected chi connectivity index (χ0v) is 11.7. The number of ether oxygens (including phenoxy) is 1. The third-order valence-electron chi connectivity index (χ3n) is 2.69. The summed E-state index contributed by atoms with van der Waals surface area (Å²) in [6.07, 6.45) is -0.690. The Morgan fingerprint density at radius 2 is 1.89 bits per heavy atom. The lowest BCUT2D eigenvalue weighted by molar-refractivity contribution is 0.0124. The van der Waals surface area contributed by atoms with Gasteiger partial charge in [-0.3, -0.25) is 0 Å². The Labute approximate surface area is 107 Å². The Kier molecular flexibility index (Phi) is 4.57. The molecule has 0 aliphatic carbocycles. The van der Waals surface area contributed by atoms with Crippen molar-refractivity contribution in [3.8, 4) is 0 Å². The molecule has 1 amide bonds. The molecular weight excluding hydrogens is 260 g/mol. The average molecular weight is 280 g/mol. The maximum absolute atomic E-state index is 11.8. The third kappa shape index (κ3) is 4.43. The van der Waals surface area contributed by atoms with Gasteiger partial charge < -0.3 is 9.84 Å². The van der Waals surface area contributed by atoms with Crippen LogP contribution in [0.5, 0.6) is 0 Å². The molecule has 7 nitrogen and oxygen atoms in total. The molecule has 1 rings (SSSR count). The SMILES string of the molecule is CC(C)OC(=O)NS(=O)(=O)N1CCC(C)(O)CC1. The first-order chi connectivity index (χ1) is 8.12. The lowest BCUT2D eigenvalue weighted by Gasteiger charge is -2.34. The standard InChI is InChI=1S/C10H20N2O5S/c1-8(2)17-9(13)11-18(15,16)12-6-4-10(3,14)5-7-12/h8,14H,4-7H2,1-3H3,(H,11,13). The van der Waals surface area contributed by atoms with Gasteiger partial charge in [0.15, 0.2) is 0 Å². The Hall–Kier alpha value is -0.860. The highest BCUT2D eigenvalue weighted by atomic mass is 32.2. The normalized spacial score (nSPS) is 20.7. The Morgan fingerprint density at radius 1 is 1.39 bits per heavy atom. The van der Waals surface area contributed by atoms with Crippen LogP contribution in [0.15, 0.2) is 0 Å². The minimum Gasteiger partial charge on any atom is -0.446 e. The van der Waals surface area contributed by atoms with E-state index in [0.29, 0.717) is 12.8 Å². The van der Waals surface area contributed by atoms with Gasteiger partial charge in [-0.05, 0) is 33.6 Å². The molecule has 2 N–H and O–H groups in total. The quantitative estimate of drug-likeness (QED) is 0.770. The van der Waals surface area contributed by atoms with Crippen LogP contribution in [0.1, 0.15) is 33.6 Å². The summed E-state index contributed by atoms with van der Waals surface area (Å²) in [6, 6.07) is 0. The number of amides is 1. The third-order valence-corrected chi connectivity index (χ3v) is 4.16. The van der Waals surface area contributed by atoms with E-state index in [1.807, 2.05) is 4.72 Å². The van der Waals surface area contributed by atoms with Crippen molar-refractivity contribution in [1.82, 2.24) is 9.03 Å². The van der Waals surface area contributed by atoms with Crippen LogP contribution in [0.25, 0.3) is 0 Å². The molecular formula is C10H20N2O5S. The van der Waals surface area contributed by atoms with Crippen molar-refractivity contribution in [2.45, 2.75) is 45.3 Å². The lowest BCUT2D eigenvalue weighted by Crippen LogP contribution is -2.50. The van der Waals surface area contributed by atoms with E-state index in [1.165, 1.54) is 0 Å². The highest BCUT2D eigenvalue weighted by molar-refractivity contribution is 7.87. The summed E-state index contributed by atoms with van der Waals surface area (Å²) in [5, 5.41) is 9.73. The second-order valence-corrected chi connectivity index (χ2v) is 6.63. The van der Waals surface area contributed by atoms with Gasteiger partial charge in [-0.25, -0.2) is 9.52 Å². The van der Waals surface area contributed by atoms with Crippen molar-refractivity contribution in [3.05, 3.63) is 0 Å². The van der Waals surface area contributed by atoms with Crippen LogP contribution in [0.4, 0.5) is 4.79 Å². The molecule has 1 fully saturated rings. The molecule has 0 bridgehead atoms. The first-order valence-corrected chi connectivity index (χ1v) is 7.27. The van der Waals surface area contributed by atoms with Crippen molar-refractivity contribution < 1.29 is 23.1 Å². The predicted octanol–water partition coefficient (Wildman–Crippen LogP) is 0.213. The fourth-order valence-corrected chi connectivity index (χ4v) is 2.67. The van der Waals surface area contributed by atoms with Crippen LogP contribution >= 0.6 is 0 Å². The Balaban J connectivity index is 2.57. The van der Waals surface area contributed by atoms with Crippen LogP contribution in [-0.4, -0.2) is 48.7 Å². The second-order valence-electron chi connectivity index (χ2n) is 4.96. The van der Waals surface area contributed by atoms with Gasteiger partial charge in [0.1, 0.15) is 0 Å². The maximum atomic E-state index is 11.8. The van der Waals surface area contributed by atoms with Crippen molar-refractivity contribution in [2.75, 3.05) is 13.1 Å². The number of carbonyl (C=O) groups excluding carboxylic acids is 1. The summed E-state index contributed by atoms with van der Waals surface area (Å²) in [5.41, 5.74) is -0.843. The van der Waals surface area contributed by atoms with E-state index >= 15 is 0 Å².